The number of thioether (sulfide) groups is 1. The molecule has 2 amide bonds. The smallest absolute Gasteiger partial charge is 0.279 e. The lowest BCUT2D eigenvalue weighted by Gasteiger charge is -2.11. The Bertz CT molecular complexity index is 1590. The molecule has 2 aromatic heterocycles. The standard InChI is InChI=1S/C26H19ClFN5O3S2/c27-19-10-17(6-7-22(19)36-12-15-3-1-4-16(28)9-15)32-24-23-20(30-14-31-24)11-18(38-23)5-2-8-29-25(34)21-13-37-26(35)33-21/h1,3-4,6-7,9-11,14,21H,8,12-13H2,(H,29,34)(H,33,35)(H,30,31,32)/t21-/m1/s1. The number of carbonyl (C=O) groups is 2. The van der Waals surface area contributed by atoms with Gasteiger partial charge in [-0.25, -0.2) is 14.4 Å². The number of nitrogens with one attached hydrogen (secondary N) is 3. The van der Waals surface area contributed by atoms with Gasteiger partial charge in [0.1, 0.15) is 30.5 Å². The van der Waals surface area contributed by atoms with Crippen LogP contribution in [0.2, 0.25) is 5.02 Å². The van der Waals surface area contributed by atoms with E-state index in [0.717, 1.165) is 26.9 Å². The Morgan fingerprint density at radius 2 is 2.13 bits per heavy atom. The fourth-order valence-corrected chi connectivity index (χ4v) is 5.48. The molecular formula is C26H19ClFN5O3S2. The molecule has 1 atom stereocenters. The highest BCUT2D eigenvalue weighted by atomic mass is 35.5. The molecule has 1 aliphatic rings. The maximum absolute atomic E-state index is 13.4. The molecule has 3 heterocycles. The van der Waals surface area contributed by atoms with Crippen LogP contribution in [0.5, 0.6) is 5.75 Å². The Balaban J connectivity index is 1.22. The van der Waals surface area contributed by atoms with Gasteiger partial charge in [-0.1, -0.05) is 47.3 Å². The summed E-state index contributed by atoms with van der Waals surface area (Å²) < 4.78 is 19.9. The lowest BCUT2D eigenvalue weighted by molar-refractivity contribution is -0.122. The first-order valence-corrected chi connectivity index (χ1v) is 13.5. The van der Waals surface area contributed by atoms with E-state index in [1.54, 1.807) is 24.3 Å². The molecule has 4 aromatic rings. The molecule has 8 nitrogen and oxygen atoms in total. The minimum absolute atomic E-state index is 0.160. The van der Waals surface area contributed by atoms with Gasteiger partial charge >= 0.3 is 0 Å². The first-order valence-electron chi connectivity index (χ1n) is 11.3. The number of amides is 2. The van der Waals surface area contributed by atoms with Crippen LogP contribution >= 0.6 is 34.7 Å². The number of rotatable bonds is 7. The molecule has 1 fully saturated rings. The topological polar surface area (TPSA) is 105 Å². The summed E-state index contributed by atoms with van der Waals surface area (Å²) in [5.41, 5.74) is 2.13. The highest BCUT2D eigenvalue weighted by molar-refractivity contribution is 8.14. The van der Waals surface area contributed by atoms with Crippen molar-refractivity contribution in [1.82, 2.24) is 20.6 Å². The van der Waals surface area contributed by atoms with Crippen LogP contribution in [0, 0.1) is 17.7 Å². The van der Waals surface area contributed by atoms with E-state index in [1.807, 2.05) is 12.1 Å². The van der Waals surface area contributed by atoms with Crippen LogP contribution in [0.4, 0.5) is 20.7 Å². The van der Waals surface area contributed by atoms with Crippen molar-refractivity contribution in [2.24, 2.45) is 0 Å². The number of thiophene rings is 1. The maximum atomic E-state index is 13.4. The Kier molecular flexibility index (Phi) is 7.93. The molecule has 2 aromatic carbocycles. The molecule has 0 spiro atoms. The van der Waals surface area contributed by atoms with E-state index < -0.39 is 6.04 Å². The maximum Gasteiger partial charge on any atom is 0.279 e. The van der Waals surface area contributed by atoms with Crippen molar-refractivity contribution in [2.45, 2.75) is 12.6 Å². The summed E-state index contributed by atoms with van der Waals surface area (Å²) in [6, 6.07) is 12.8. The quantitative estimate of drug-likeness (QED) is 0.267. The second-order valence-corrected chi connectivity index (χ2v) is 10.5. The minimum atomic E-state index is -0.523. The highest BCUT2D eigenvalue weighted by Gasteiger charge is 2.27. The van der Waals surface area contributed by atoms with Crippen molar-refractivity contribution < 1.29 is 18.7 Å². The number of benzene rings is 2. The zero-order valence-corrected chi connectivity index (χ0v) is 22.0. The van der Waals surface area contributed by atoms with Crippen LogP contribution in [0.15, 0.2) is 54.9 Å². The highest BCUT2D eigenvalue weighted by Crippen LogP contribution is 2.33. The predicted octanol–water partition coefficient (Wildman–Crippen LogP) is 5.10. The number of anilines is 2. The van der Waals surface area contributed by atoms with Gasteiger partial charge in [-0.05, 0) is 42.0 Å². The Hall–Kier alpha value is -3.85. The zero-order valence-electron chi connectivity index (χ0n) is 19.6. The number of aromatic nitrogens is 2. The molecule has 0 aliphatic carbocycles. The molecule has 0 saturated carbocycles. The van der Waals surface area contributed by atoms with Gasteiger partial charge in [0.05, 0.1) is 26.7 Å². The van der Waals surface area contributed by atoms with Gasteiger partial charge in [0.15, 0.2) is 5.82 Å². The fraction of sp³-hybridized carbons (Fsp3) is 0.154. The van der Waals surface area contributed by atoms with Crippen LogP contribution in [-0.4, -0.2) is 39.5 Å². The van der Waals surface area contributed by atoms with E-state index in [9.17, 15) is 14.0 Å². The molecule has 38 heavy (non-hydrogen) atoms. The van der Waals surface area contributed by atoms with Crippen LogP contribution in [0.3, 0.4) is 0 Å². The Morgan fingerprint density at radius 1 is 1.24 bits per heavy atom. The summed E-state index contributed by atoms with van der Waals surface area (Å²) in [5, 5.41) is 8.76. The largest absolute Gasteiger partial charge is 0.487 e. The molecular weight excluding hydrogens is 549 g/mol. The van der Waals surface area contributed by atoms with E-state index in [2.05, 4.69) is 37.8 Å². The summed E-state index contributed by atoms with van der Waals surface area (Å²) in [4.78, 5) is 32.7. The van der Waals surface area contributed by atoms with Crippen molar-refractivity contribution >= 4 is 67.6 Å². The molecule has 0 bridgehead atoms. The molecule has 12 heteroatoms. The number of hydrogen-bond donors (Lipinski definition) is 3. The van der Waals surface area contributed by atoms with Crippen LogP contribution < -0.4 is 20.7 Å². The number of hydrogen-bond acceptors (Lipinski definition) is 8. The summed E-state index contributed by atoms with van der Waals surface area (Å²) in [6.45, 7) is 0.350. The monoisotopic (exact) mass is 567 g/mol. The number of nitrogens with zero attached hydrogens (tertiary/aromatic N) is 2. The molecule has 192 valence electrons. The molecule has 1 saturated heterocycles. The second-order valence-electron chi connectivity index (χ2n) is 8.05. The first-order chi connectivity index (χ1) is 18.4. The third kappa shape index (κ3) is 6.34. The van der Waals surface area contributed by atoms with Gasteiger partial charge in [-0.15, -0.1) is 11.3 Å². The van der Waals surface area contributed by atoms with E-state index in [1.165, 1.54) is 29.8 Å². The van der Waals surface area contributed by atoms with E-state index in [-0.39, 0.29) is 30.1 Å². The zero-order chi connectivity index (χ0) is 26.5. The van der Waals surface area contributed by atoms with Crippen molar-refractivity contribution in [3.8, 4) is 17.6 Å². The average Bonchev–Trinajstić information content (AvgIpc) is 3.53. The normalized spacial score (nSPS) is 14.5. The number of carbonyl (C=O) groups excluding carboxylic acids is 2. The van der Waals surface area contributed by atoms with Crippen molar-refractivity contribution in [3.63, 3.8) is 0 Å². The number of halogens is 2. The number of ether oxygens (including phenoxy) is 1. The minimum Gasteiger partial charge on any atom is -0.487 e. The molecule has 5 rings (SSSR count). The van der Waals surface area contributed by atoms with Gasteiger partial charge in [0.2, 0.25) is 5.91 Å². The van der Waals surface area contributed by atoms with Crippen LogP contribution in [0.1, 0.15) is 10.4 Å². The van der Waals surface area contributed by atoms with Crippen molar-refractivity contribution in [1.29, 1.82) is 0 Å². The van der Waals surface area contributed by atoms with Gasteiger partial charge in [-0.3, -0.25) is 9.59 Å². The fourth-order valence-electron chi connectivity index (χ4n) is 3.54. The first kappa shape index (κ1) is 25.8. The lowest BCUT2D eigenvalue weighted by Crippen LogP contribution is -2.42. The van der Waals surface area contributed by atoms with Gasteiger partial charge in [0, 0.05) is 11.4 Å². The molecule has 0 unspecified atom stereocenters. The van der Waals surface area contributed by atoms with E-state index in [0.29, 0.717) is 33.6 Å². The third-order valence-electron chi connectivity index (χ3n) is 5.34. The SMILES string of the molecule is O=C1N[C@@H](C(=O)NCC#Cc2cc3ncnc(Nc4ccc(OCc5cccc(F)c5)c(Cl)c4)c3s2)CS1. The van der Waals surface area contributed by atoms with Crippen LogP contribution in [0.25, 0.3) is 10.2 Å². The average molecular weight is 568 g/mol. The third-order valence-corrected chi connectivity index (χ3v) is 7.56. The van der Waals surface area contributed by atoms with Crippen LogP contribution in [-0.2, 0) is 11.4 Å². The van der Waals surface area contributed by atoms with Gasteiger partial charge in [-0.2, -0.15) is 0 Å². The van der Waals surface area contributed by atoms with E-state index in [4.69, 9.17) is 16.3 Å². The predicted molar refractivity (Wildman–Crippen MR) is 148 cm³/mol. The Labute approximate surface area is 230 Å². The summed E-state index contributed by atoms with van der Waals surface area (Å²) in [6.07, 6.45) is 1.46. The van der Waals surface area contributed by atoms with Crippen molar-refractivity contribution in [3.05, 3.63) is 76.1 Å². The van der Waals surface area contributed by atoms with E-state index >= 15 is 0 Å². The van der Waals surface area contributed by atoms with Gasteiger partial charge in [0.25, 0.3) is 5.24 Å². The molecule has 1 aliphatic heterocycles. The van der Waals surface area contributed by atoms with Crippen molar-refractivity contribution in [2.75, 3.05) is 17.6 Å². The van der Waals surface area contributed by atoms with Gasteiger partial charge < -0.3 is 20.7 Å². The second kappa shape index (κ2) is 11.7. The number of fused-ring (bicyclic) bond motifs is 1. The summed E-state index contributed by atoms with van der Waals surface area (Å²) in [7, 11) is 0. The molecule has 0 radical (unpaired) electrons. The molecule has 3 N–H and O–H groups in total. The lowest BCUT2D eigenvalue weighted by atomic mass is 10.2. The summed E-state index contributed by atoms with van der Waals surface area (Å²) >= 11 is 8.93. The summed E-state index contributed by atoms with van der Waals surface area (Å²) in [5.74, 6) is 6.87. The Morgan fingerprint density at radius 3 is 2.92 bits per heavy atom.